The van der Waals surface area contributed by atoms with Crippen molar-refractivity contribution in [2.24, 2.45) is 0 Å². The van der Waals surface area contributed by atoms with Gasteiger partial charge in [-0.15, -0.1) is 0 Å². The van der Waals surface area contributed by atoms with Crippen molar-refractivity contribution in [3.05, 3.63) is 61.7 Å². The number of rotatable bonds is 1. The average molecular weight is 313 g/mol. The number of hydrogen-bond donors (Lipinski definition) is 1. The third-order valence-electron chi connectivity index (χ3n) is 3.47. The van der Waals surface area contributed by atoms with E-state index in [0.29, 0.717) is 25.2 Å². The lowest BCUT2D eigenvalue weighted by Crippen LogP contribution is -2.32. The summed E-state index contributed by atoms with van der Waals surface area (Å²) in [6.07, 6.45) is 2.37. The summed E-state index contributed by atoms with van der Waals surface area (Å²) in [5.74, 6) is -0.507. The van der Waals surface area contributed by atoms with Crippen LogP contribution in [0.15, 0.2) is 29.2 Å². The Hall–Kier alpha value is -1.52. The van der Waals surface area contributed by atoms with Crippen molar-refractivity contribution in [3.8, 4) is 0 Å². The number of pyridine rings is 1. The lowest BCUT2D eigenvalue weighted by molar-refractivity contribution is 0.610. The van der Waals surface area contributed by atoms with E-state index in [0.717, 1.165) is 11.1 Å². The highest BCUT2D eigenvalue weighted by atomic mass is 35.5. The van der Waals surface area contributed by atoms with Gasteiger partial charge in [0.05, 0.1) is 15.7 Å². The zero-order valence-corrected chi connectivity index (χ0v) is 11.9. The number of aromatic nitrogens is 1. The monoisotopic (exact) mass is 312 g/mol. The van der Waals surface area contributed by atoms with Crippen LogP contribution in [0.1, 0.15) is 11.1 Å². The van der Waals surface area contributed by atoms with Gasteiger partial charge in [0.2, 0.25) is 5.56 Å². The van der Waals surface area contributed by atoms with Crippen LogP contribution >= 0.6 is 23.2 Å². The minimum absolute atomic E-state index is 0.0589. The molecule has 0 atom stereocenters. The maximum atomic E-state index is 14.2. The topological polar surface area (TPSA) is 36.1 Å². The first-order valence-electron chi connectivity index (χ1n) is 6.15. The zero-order valence-electron chi connectivity index (χ0n) is 10.4. The van der Waals surface area contributed by atoms with E-state index in [9.17, 15) is 9.18 Å². The molecule has 20 heavy (non-hydrogen) atoms. The number of nitrogens with one attached hydrogen (secondary N) is 1. The van der Waals surface area contributed by atoms with E-state index < -0.39 is 5.82 Å². The standard InChI is InChI=1S/C14H11Cl2FN2O/c15-10-1-2-11(14(17)13(10)16)19-4-3-8-5-12(20)18-6-9(8)7-19/h1-2,5-6H,3-4,7H2,(H,18,20). The largest absolute Gasteiger partial charge is 0.364 e. The summed E-state index contributed by atoms with van der Waals surface area (Å²) in [6, 6.07) is 4.81. The predicted molar refractivity (Wildman–Crippen MR) is 78.2 cm³/mol. The number of benzene rings is 1. The molecule has 6 heteroatoms. The quantitative estimate of drug-likeness (QED) is 0.819. The van der Waals surface area contributed by atoms with Crippen LogP contribution in [0, 0.1) is 5.82 Å². The number of halogens is 3. The molecule has 3 nitrogen and oxygen atoms in total. The number of H-pyrrole nitrogens is 1. The Balaban J connectivity index is 1.96. The van der Waals surface area contributed by atoms with Gasteiger partial charge in [-0.1, -0.05) is 23.2 Å². The Kier molecular flexibility index (Phi) is 3.44. The summed E-state index contributed by atoms with van der Waals surface area (Å²) in [5, 5.41) is 0.145. The molecule has 0 bridgehead atoms. The highest BCUT2D eigenvalue weighted by Crippen LogP contribution is 2.33. The number of nitrogens with zero attached hydrogens (tertiary/aromatic N) is 1. The van der Waals surface area contributed by atoms with E-state index in [-0.39, 0.29) is 15.6 Å². The summed E-state index contributed by atoms with van der Waals surface area (Å²) in [6.45, 7) is 1.16. The van der Waals surface area contributed by atoms with Gasteiger partial charge in [0, 0.05) is 25.4 Å². The fraction of sp³-hybridized carbons (Fsp3) is 0.214. The van der Waals surface area contributed by atoms with Crippen molar-refractivity contribution in [1.29, 1.82) is 0 Å². The SMILES string of the molecule is O=c1cc2c(c[nH]1)CN(c1ccc(Cl)c(Cl)c1F)CC2. The van der Waals surface area contributed by atoms with Crippen molar-refractivity contribution in [1.82, 2.24) is 4.98 Å². The Morgan fingerprint density at radius 1 is 1.25 bits per heavy atom. The molecule has 0 amide bonds. The van der Waals surface area contributed by atoms with Crippen LogP contribution in [0.25, 0.3) is 0 Å². The fourth-order valence-corrected chi connectivity index (χ4v) is 2.73. The van der Waals surface area contributed by atoms with E-state index in [4.69, 9.17) is 23.2 Å². The van der Waals surface area contributed by atoms with Crippen molar-refractivity contribution in [3.63, 3.8) is 0 Å². The lowest BCUT2D eigenvalue weighted by Gasteiger charge is -2.30. The Morgan fingerprint density at radius 3 is 2.85 bits per heavy atom. The third-order valence-corrected chi connectivity index (χ3v) is 4.26. The molecule has 1 N–H and O–H groups in total. The first-order chi connectivity index (χ1) is 9.56. The van der Waals surface area contributed by atoms with Gasteiger partial charge in [0.1, 0.15) is 0 Å². The second kappa shape index (κ2) is 5.11. The average Bonchev–Trinajstić information content (AvgIpc) is 2.44. The van der Waals surface area contributed by atoms with Gasteiger partial charge in [-0.05, 0) is 29.7 Å². The molecular weight excluding hydrogens is 302 g/mol. The molecule has 104 valence electrons. The predicted octanol–water partition coefficient (Wildman–Crippen LogP) is 3.38. The van der Waals surface area contributed by atoms with Crippen LogP contribution in [-0.2, 0) is 13.0 Å². The normalized spacial score (nSPS) is 14.2. The molecule has 1 aromatic heterocycles. The first-order valence-corrected chi connectivity index (χ1v) is 6.91. The summed E-state index contributed by atoms with van der Waals surface area (Å²) >= 11 is 11.6. The smallest absolute Gasteiger partial charge is 0.248 e. The van der Waals surface area contributed by atoms with Crippen LogP contribution in [-0.4, -0.2) is 11.5 Å². The molecule has 2 heterocycles. The van der Waals surface area contributed by atoms with Crippen LogP contribution in [0.5, 0.6) is 0 Å². The van der Waals surface area contributed by atoms with Crippen molar-refractivity contribution in [2.75, 3.05) is 11.4 Å². The van der Waals surface area contributed by atoms with Gasteiger partial charge in [-0.2, -0.15) is 0 Å². The van der Waals surface area contributed by atoms with E-state index in [1.54, 1.807) is 24.4 Å². The molecular formula is C14H11Cl2FN2O. The van der Waals surface area contributed by atoms with E-state index in [2.05, 4.69) is 4.98 Å². The maximum Gasteiger partial charge on any atom is 0.248 e. The third kappa shape index (κ3) is 2.30. The van der Waals surface area contributed by atoms with E-state index in [1.165, 1.54) is 0 Å². The minimum Gasteiger partial charge on any atom is -0.364 e. The number of fused-ring (bicyclic) bond motifs is 1. The van der Waals surface area contributed by atoms with Crippen molar-refractivity contribution >= 4 is 28.9 Å². The zero-order chi connectivity index (χ0) is 14.3. The minimum atomic E-state index is -0.507. The molecule has 0 aliphatic carbocycles. The Morgan fingerprint density at radius 2 is 2.05 bits per heavy atom. The van der Waals surface area contributed by atoms with Crippen LogP contribution < -0.4 is 10.5 Å². The highest BCUT2D eigenvalue weighted by Gasteiger charge is 2.21. The highest BCUT2D eigenvalue weighted by molar-refractivity contribution is 6.42. The van der Waals surface area contributed by atoms with Gasteiger partial charge >= 0.3 is 0 Å². The van der Waals surface area contributed by atoms with Crippen LogP contribution in [0.4, 0.5) is 10.1 Å². The van der Waals surface area contributed by atoms with Gasteiger partial charge < -0.3 is 9.88 Å². The van der Waals surface area contributed by atoms with Crippen LogP contribution in [0.2, 0.25) is 10.0 Å². The fourth-order valence-electron chi connectivity index (χ4n) is 2.43. The number of anilines is 1. The lowest BCUT2D eigenvalue weighted by atomic mass is 10.0. The van der Waals surface area contributed by atoms with Crippen LogP contribution in [0.3, 0.4) is 0 Å². The number of aromatic amines is 1. The second-order valence-corrected chi connectivity index (χ2v) is 5.50. The summed E-state index contributed by atoms with van der Waals surface area (Å²) in [4.78, 5) is 15.8. The first kappa shape index (κ1) is 13.5. The Bertz CT molecular complexity index is 730. The van der Waals surface area contributed by atoms with Crippen molar-refractivity contribution in [2.45, 2.75) is 13.0 Å². The summed E-state index contributed by atoms with van der Waals surface area (Å²) in [7, 11) is 0. The van der Waals surface area contributed by atoms with E-state index in [1.807, 2.05) is 4.90 Å². The molecule has 0 spiro atoms. The Labute approximate surface area is 124 Å². The second-order valence-electron chi connectivity index (χ2n) is 4.71. The van der Waals surface area contributed by atoms with Crippen molar-refractivity contribution < 1.29 is 4.39 Å². The molecule has 0 unspecified atom stereocenters. The molecule has 0 radical (unpaired) electrons. The summed E-state index contributed by atoms with van der Waals surface area (Å²) < 4.78 is 14.2. The van der Waals surface area contributed by atoms with Gasteiger partial charge in [0.15, 0.2) is 5.82 Å². The molecule has 0 saturated carbocycles. The van der Waals surface area contributed by atoms with Gasteiger partial charge in [-0.3, -0.25) is 4.79 Å². The molecule has 1 aliphatic rings. The molecule has 2 aromatic rings. The molecule has 1 aliphatic heterocycles. The molecule has 0 saturated heterocycles. The maximum absolute atomic E-state index is 14.2. The van der Waals surface area contributed by atoms with E-state index >= 15 is 0 Å². The number of hydrogen-bond acceptors (Lipinski definition) is 2. The van der Waals surface area contributed by atoms with Gasteiger partial charge in [-0.25, -0.2) is 4.39 Å². The molecule has 0 fully saturated rings. The summed E-state index contributed by atoms with van der Waals surface area (Å²) in [5.41, 5.74) is 2.31. The molecule has 1 aromatic carbocycles. The molecule has 3 rings (SSSR count). The van der Waals surface area contributed by atoms with Gasteiger partial charge in [0.25, 0.3) is 0 Å².